The third-order valence-electron chi connectivity index (χ3n) is 4.83. The second-order valence-corrected chi connectivity index (χ2v) is 5.39. The molecule has 1 aromatic rings. The topological polar surface area (TPSA) is 17.1 Å². The van der Waals surface area contributed by atoms with Gasteiger partial charge < -0.3 is 0 Å². The van der Waals surface area contributed by atoms with Crippen LogP contribution in [0.3, 0.4) is 0 Å². The highest BCUT2D eigenvalue weighted by Gasteiger charge is 2.69. The van der Waals surface area contributed by atoms with Crippen molar-refractivity contribution in [2.45, 2.75) is 12.8 Å². The molecule has 76 valence electrons. The summed E-state index contributed by atoms with van der Waals surface area (Å²) in [6.07, 6.45) is 2.69. The molecule has 0 spiro atoms. The highest BCUT2D eigenvalue weighted by atomic mass is 16.1. The predicted octanol–water partition coefficient (Wildman–Crippen LogP) is 2.77. The van der Waals surface area contributed by atoms with Gasteiger partial charge in [0.15, 0.2) is 5.78 Å². The Kier molecular flexibility index (Phi) is 1.36. The van der Waals surface area contributed by atoms with Crippen LogP contribution in [0, 0.1) is 29.6 Å². The Morgan fingerprint density at radius 2 is 1.73 bits per heavy atom. The maximum absolute atomic E-state index is 12.3. The van der Waals surface area contributed by atoms with E-state index in [0.717, 1.165) is 29.2 Å². The van der Waals surface area contributed by atoms with Crippen molar-refractivity contribution >= 4 is 5.78 Å². The lowest BCUT2D eigenvalue weighted by molar-refractivity contribution is 0.0892. The van der Waals surface area contributed by atoms with Crippen LogP contribution in [0.4, 0.5) is 0 Å². The molecule has 0 N–H and O–H groups in total. The van der Waals surface area contributed by atoms with Crippen LogP contribution in [0.25, 0.3) is 0 Å². The van der Waals surface area contributed by atoms with E-state index in [2.05, 4.69) is 0 Å². The lowest BCUT2D eigenvalue weighted by atomic mass is 9.90. The molecule has 1 nitrogen and oxygen atoms in total. The average molecular weight is 198 g/mol. The summed E-state index contributed by atoms with van der Waals surface area (Å²) in [5, 5.41) is 0. The molecule has 4 aliphatic rings. The Balaban J connectivity index is 1.67. The van der Waals surface area contributed by atoms with Crippen molar-refractivity contribution in [1.29, 1.82) is 0 Å². The molecule has 0 saturated heterocycles. The van der Waals surface area contributed by atoms with E-state index in [0.29, 0.717) is 11.7 Å². The van der Waals surface area contributed by atoms with Gasteiger partial charge in [0.05, 0.1) is 0 Å². The van der Waals surface area contributed by atoms with Gasteiger partial charge in [-0.15, -0.1) is 0 Å². The summed E-state index contributed by atoms with van der Waals surface area (Å²) in [5.74, 6) is 4.20. The molecular weight excluding hydrogens is 184 g/mol. The summed E-state index contributed by atoms with van der Waals surface area (Å²) in [6, 6.07) is 9.85. The normalized spacial score (nSPS) is 44.4. The lowest BCUT2D eigenvalue weighted by Crippen LogP contribution is -2.18. The van der Waals surface area contributed by atoms with Crippen LogP contribution in [0.5, 0.6) is 0 Å². The summed E-state index contributed by atoms with van der Waals surface area (Å²) < 4.78 is 0. The molecule has 4 fully saturated rings. The predicted molar refractivity (Wildman–Crippen MR) is 57.5 cm³/mol. The van der Waals surface area contributed by atoms with Gasteiger partial charge in [-0.2, -0.15) is 0 Å². The van der Waals surface area contributed by atoms with Crippen LogP contribution in [0.15, 0.2) is 30.3 Å². The van der Waals surface area contributed by atoms with Gasteiger partial charge in [0.25, 0.3) is 0 Å². The number of hydrogen-bond acceptors (Lipinski definition) is 1. The Morgan fingerprint density at radius 3 is 2.27 bits per heavy atom. The number of carbonyl (C=O) groups excluding carboxylic acids is 1. The first kappa shape index (κ1) is 8.09. The molecule has 5 rings (SSSR count). The van der Waals surface area contributed by atoms with E-state index in [4.69, 9.17) is 0 Å². The van der Waals surface area contributed by atoms with Crippen molar-refractivity contribution in [3.63, 3.8) is 0 Å². The van der Waals surface area contributed by atoms with E-state index in [-0.39, 0.29) is 0 Å². The molecule has 0 amide bonds. The zero-order valence-corrected chi connectivity index (χ0v) is 8.60. The van der Waals surface area contributed by atoms with Crippen LogP contribution in [-0.2, 0) is 0 Å². The molecule has 1 heteroatoms. The zero-order chi connectivity index (χ0) is 9.99. The lowest BCUT2D eigenvalue weighted by Gasteiger charge is -2.13. The maximum atomic E-state index is 12.3. The van der Waals surface area contributed by atoms with Crippen molar-refractivity contribution in [1.82, 2.24) is 0 Å². The van der Waals surface area contributed by atoms with Crippen LogP contribution in [0.1, 0.15) is 23.2 Å². The van der Waals surface area contributed by atoms with Crippen molar-refractivity contribution in [2.24, 2.45) is 29.6 Å². The first-order valence-corrected chi connectivity index (χ1v) is 5.95. The SMILES string of the molecule is O=C(c1ccccc1)[C@H]1C2C[C@H]3C1[C@@H]3C2. The van der Waals surface area contributed by atoms with E-state index in [1.54, 1.807) is 0 Å². The van der Waals surface area contributed by atoms with E-state index in [9.17, 15) is 4.79 Å². The molecule has 4 saturated carbocycles. The third kappa shape index (κ3) is 0.914. The van der Waals surface area contributed by atoms with Gasteiger partial charge in [-0.3, -0.25) is 4.79 Å². The van der Waals surface area contributed by atoms with E-state index in [1.165, 1.54) is 12.8 Å². The van der Waals surface area contributed by atoms with Gasteiger partial charge in [-0.05, 0) is 36.5 Å². The number of benzene rings is 1. The van der Waals surface area contributed by atoms with E-state index in [1.807, 2.05) is 30.3 Å². The number of ketones is 1. The molecule has 0 aromatic heterocycles. The first-order chi connectivity index (χ1) is 7.36. The van der Waals surface area contributed by atoms with Gasteiger partial charge in [0.1, 0.15) is 0 Å². The largest absolute Gasteiger partial charge is 0.294 e. The van der Waals surface area contributed by atoms with Gasteiger partial charge >= 0.3 is 0 Å². The number of hydrogen-bond donors (Lipinski definition) is 0. The van der Waals surface area contributed by atoms with Gasteiger partial charge in [-0.1, -0.05) is 30.3 Å². The second kappa shape index (κ2) is 2.52. The van der Waals surface area contributed by atoms with Crippen molar-refractivity contribution < 1.29 is 4.79 Å². The Labute approximate surface area is 89.5 Å². The molecule has 0 unspecified atom stereocenters. The molecule has 0 aliphatic heterocycles. The minimum atomic E-state index is 0.391. The molecule has 3 atom stereocenters. The Morgan fingerprint density at radius 1 is 1.07 bits per heavy atom. The van der Waals surface area contributed by atoms with Crippen LogP contribution >= 0.6 is 0 Å². The van der Waals surface area contributed by atoms with Gasteiger partial charge in [-0.25, -0.2) is 0 Å². The molecule has 0 heterocycles. The summed E-state index contributed by atoms with van der Waals surface area (Å²) in [6.45, 7) is 0. The van der Waals surface area contributed by atoms with E-state index >= 15 is 0 Å². The fraction of sp³-hybridized carbons (Fsp3) is 0.500. The minimum Gasteiger partial charge on any atom is -0.294 e. The summed E-state index contributed by atoms with van der Waals surface area (Å²) >= 11 is 0. The monoisotopic (exact) mass is 198 g/mol. The summed E-state index contributed by atoms with van der Waals surface area (Å²) in [4.78, 5) is 12.3. The smallest absolute Gasteiger partial charge is 0.166 e. The highest BCUT2D eigenvalue weighted by molar-refractivity contribution is 5.99. The number of carbonyl (C=O) groups is 1. The molecule has 4 aliphatic carbocycles. The first-order valence-electron chi connectivity index (χ1n) is 5.95. The van der Waals surface area contributed by atoms with Gasteiger partial charge in [0, 0.05) is 11.5 Å². The third-order valence-corrected chi connectivity index (χ3v) is 4.83. The standard InChI is InChI=1S/C14H14O/c15-14(8-4-2-1-3-5-8)12-9-6-10-11(7-9)13(10)12/h1-5,9-13H,6-7H2/t9?,10-,11-,12+,13?/m1/s1. The zero-order valence-electron chi connectivity index (χ0n) is 8.60. The van der Waals surface area contributed by atoms with Crippen molar-refractivity contribution in [2.75, 3.05) is 0 Å². The molecule has 1 aromatic carbocycles. The Bertz CT molecular complexity index is 408. The van der Waals surface area contributed by atoms with Crippen LogP contribution in [-0.4, -0.2) is 5.78 Å². The minimum absolute atomic E-state index is 0.391. The highest BCUT2D eigenvalue weighted by Crippen LogP contribution is 2.73. The summed E-state index contributed by atoms with van der Waals surface area (Å²) in [7, 11) is 0. The fourth-order valence-electron chi connectivity index (χ4n) is 4.26. The average Bonchev–Trinajstić information content (AvgIpc) is 2.73. The molecule has 0 radical (unpaired) electrons. The van der Waals surface area contributed by atoms with E-state index < -0.39 is 0 Å². The Hall–Kier alpha value is -1.11. The molecule has 15 heavy (non-hydrogen) atoms. The quantitative estimate of drug-likeness (QED) is 0.668. The molecule has 4 bridgehead atoms. The molecular formula is C14H14O. The van der Waals surface area contributed by atoms with Crippen molar-refractivity contribution in [3.8, 4) is 0 Å². The fourth-order valence-corrected chi connectivity index (χ4v) is 4.26. The van der Waals surface area contributed by atoms with Gasteiger partial charge in [0.2, 0.25) is 0 Å². The van der Waals surface area contributed by atoms with Crippen LogP contribution in [0.2, 0.25) is 0 Å². The van der Waals surface area contributed by atoms with Crippen molar-refractivity contribution in [3.05, 3.63) is 35.9 Å². The number of rotatable bonds is 2. The summed E-state index contributed by atoms with van der Waals surface area (Å²) in [5.41, 5.74) is 0.931. The second-order valence-electron chi connectivity index (χ2n) is 5.39. The van der Waals surface area contributed by atoms with Crippen LogP contribution < -0.4 is 0 Å². The maximum Gasteiger partial charge on any atom is 0.166 e. The number of Topliss-reactive ketones (excluding diaryl/α,β-unsaturated/α-hetero) is 1.